The Morgan fingerprint density at radius 2 is 2.31 bits per heavy atom. The summed E-state index contributed by atoms with van der Waals surface area (Å²) >= 11 is 0. The maximum absolute atomic E-state index is 6.13. The Hall–Kier alpha value is -0.860. The third-order valence-electron chi connectivity index (χ3n) is 3.85. The molecule has 1 fully saturated rings. The van der Waals surface area contributed by atoms with E-state index in [2.05, 4.69) is 30.4 Å². The number of benzene rings is 1. The molecule has 0 aromatic heterocycles. The Morgan fingerprint density at radius 1 is 1.38 bits per heavy atom. The molecule has 0 bridgehead atoms. The monoisotopic (exact) mass is 217 g/mol. The van der Waals surface area contributed by atoms with E-state index in [1.165, 1.54) is 29.5 Å². The van der Waals surface area contributed by atoms with Crippen LogP contribution in [0.1, 0.15) is 29.5 Å². The Labute approximate surface area is 97.0 Å². The molecule has 1 aliphatic heterocycles. The molecule has 2 aliphatic rings. The first-order chi connectivity index (χ1) is 7.80. The molecule has 86 valence electrons. The van der Waals surface area contributed by atoms with Crippen LogP contribution in [0.15, 0.2) is 18.2 Å². The number of fused-ring (bicyclic) bond motifs is 2. The molecule has 1 saturated heterocycles. The van der Waals surface area contributed by atoms with Gasteiger partial charge in [0.2, 0.25) is 0 Å². The predicted octanol–water partition coefficient (Wildman–Crippen LogP) is 2.15. The van der Waals surface area contributed by atoms with Gasteiger partial charge in [-0.1, -0.05) is 23.8 Å². The summed E-state index contributed by atoms with van der Waals surface area (Å²) in [7, 11) is 0. The third kappa shape index (κ3) is 1.57. The minimum atomic E-state index is -0.0299. The number of nitrogens with one attached hydrogen (secondary N) is 1. The number of ether oxygens (including phenoxy) is 1. The Balaban J connectivity index is 2.06. The number of rotatable bonds is 0. The average molecular weight is 217 g/mol. The van der Waals surface area contributed by atoms with Gasteiger partial charge < -0.3 is 10.1 Å². The van der Waals surface area contributed by atoms with Crippen LogP contribution in [0.5, 0.6) is 0 Å². The number of hydrogen-bond acceptors (Lipinski definition) is 2. The maximum atomic E-state index is 6.13. The fourth-order valence-electron chi connectivity index (χ4n) is 3.02. The van der Waals surface area contributed by atoms with Crippen LogP contribution in [0.3, 0.4) is 0 Å². The zero-order chi connectivity index (χ0) is 11.0. The molecule has 3 rings (SSSR count). The summed E-state index contributed by atoms with van der Waals surface area (Å²) in [5.41, 5.74) is 4.23. The highest BCUT2D eigenvalue weighted by Gasteiger charge is 2.38. The van der Waals surface area contributed by atoms with Crippen molar-refractivity contribution in [2.24, 2.45) is 0 Å². The van der Waals surface area contributed by atoms with E-state index in [0.717, 1.165) is 26.1 Å². The predicted molar refractivity (Wildman–Crippen MR) is 64.6 cm³/mol. The first kappa shape index (κ1) is 10.3. The first-order valence-electron chi connectivity index (χ1n) is 6.25. The molecule has 1 aromatic rings. The Morgan fingerprint density at radius 3 is 3.12 bits per heavy atom. The molecule has 1 aromatic carbocycles. The number of hydrogen-bond donors (Lipinski definition) is 1. The summed E-state index contributed by atoms with van der Waals surface area (Å²) in [6, 6.07) is 6.82. The molecule has 1 atom stereocenters. The van der Waals surface area contributed by atoms with E-state index in [4.69, 9.17) is 4.74 Å². The van der Waals surface area contributed by atoms with E-state index < -0.39 is 0 Å². The van der Waals surface area contributed by atoms with Crippen LogP contribution in [0.2, 0.25) is 0 Å². The minimum absolute atomic E-state index is 0.0299. The van der Waals surface area contributed by atoms with Crippen LogP contribution in [0.4, 0.5) is 0 Å². The van der Waals surface area contributed by atoms with Gasteiger partial charge in [0.25, 0.3) is 0 Å². The van der Waals surface area contributed by atoms with E-state index in [1.807, 2.05) is 0 Å². The lowest BCUT2D eigenvalue weighted by atomic mass is 9.77. The van der Waals surface area contributed by atoms with Crippen molar-refractivity contribution >= 4 is 0 Å². The van der Waals surface area contributed by atoms with E-state index in [-0.39, 0.29) is 5.60 Å². The number of aryl methyl sites for hydroxylation is 2. The van der Waals surface area contributed by atoms with E-state index in [0.29, 0.717) is 0 Å². The molecule has 0 saturated carbocycles. The van der Waals surface area contributed by atoms with E-state index in [9.17, 15) is 0 Å². The van der Waals surface area contributed by atoms with Gasteiger partial charge in [-0.15, -0.1) is 0 Å². The van der Waals surface area contributed by atoms with Crippen molar-refractivity contribution in [2.45, 2.75) is 31.8 Å². The second kappa shape index (κ2) is 3.86. The smallest absolute Gasteiger partial charge is 0.106 e. The van der Waals surface area contributed by atoms with E-state index >= 15 is 0 Å². The topological polar surface area (TPSA) is 21.3 Å². The largest absolute Gasteiger partial charge is 0.368 e. The summed E-state index contributed by atoms with van der Waals surface area (Å²) in [5.74, 6) is 0. The van der Waals surface area contributed by atoms with Crippen molar-refractivity contribution in [2.75, 3.05) is 19.7 Å². The second-order valence-electron chi connectivity index (χ2n) is 5.03. The number of morpholine rings is 1. The fraction of sp³-hybridized carbons (Fsp3) is 0.571. The van der Waals surface area contributed by atoms with Gasteiger partial charge in [0.05, 0.1) is 6.61 Å². The Bertz CT molecular complexity index is 394. The van der Waals surface area contributed by atoms with Gasteiger partial charge in [0.15, 0.2) is 0 Å². The van der Waals surface area contributed by atoms with Crippen molar-refractivity contribution in [1.82, 2.24) is 5.32 Å². The molecule has 1 spiro atoms. The lowest BCUT2D eigenvalue weighted by molar-refractivity contribution is -0.0819. The normalized spacial score (nSPS) is 29.1. The summed E-state index contributed by atoms with van der Waals surface area (Å²) in [6.07, 6.45) is 3.62. The van der Waals surface area contributed by atoms with Crippen LogP contribution in [-0.4, -0.2) is 19.7 Å². The zero-order valence-electron chi connectivity index (χ0n) is 9.88. The van der Waals surface area contributed by atoms with Gasteiger partial charge >= 0.3 is 0 Å². The quantitative estimate of drug-likeness (QED) is 0.719. The van der Waals surface area contributed by atoms with Crippen LogP contribution >= 0.6 is 0 Å². The fourth-order valence-corrected chi connectivity index (χ4v) is 3.02. The molecular weight excluding hydrogens is 198 g/mol. The first-order valence-corrected chi connectivity index (χ1v) is 6.25. The summed E-state index contributed by atoms with van der Waals surface area (Å²) in [6.45, 7) is 4.97. The summed E-state index contributed by atoms with van der Waals surface area (Å²) in [5, 5.41) is 3.48. The van der Waals surface area contributed by atoms with Gasteiger partial charge in [0, 0.05) is 13.1 Å². The van der Waals surface area contributed by atoms with Crippen LogP contribution in [0.25, 0.3) is 0 Å². The molecule has 1 aliphatic carbocycles. The van der Waals surface area contributed by atoms with Crippen LogP contribution in [-0.2, 0) is 16.8 Å². The molecule has 0 amide bonds. The summed E-state index contributed by atoms with van der Waals surface area (Å²) in [4.78, 5) is 0. The van der Waals surface area contributed by atoms with Gasteiger partial charge in [-0.25, -0.2) is 0 Å². The lowest BCUT2D eigenvalue weighted by Crippen LogP contribution is -2.49. The highest BCUT2D eigenvalue weighted by Crippen LogP contribution is 2.39. The van der Waals surface area contributed by atoms with Crippen molar-refractivity contribution in [1.29, 1.82) is 0 Å². The van der Waals surface area contributed by atoms with Gasteiger partial charge in [-0.2, -0.15) is 0 Å². The molecule has 2 heteroatoms. The highest BCUT2D eigenvalue weighted by atomic mass is 16.5. The molecule has 2 nitrogen and oxygen atoms in total. The van der Waals surface area contributed by atoms with Gasteiger partial charge in [0.1, 0.15) is 5.60 Å². The molecule has 1 N–H and O–H groups in total. The average Bonchev–Trinajstić information content (AvgIpc) is 2.32. The highest BCUT2D eigenvalue weighted by molar-refractivity contribution is 5.38. The van der Waals surface area contributed by atoms with Crippen molar-refractivity contribution in [3.05, 3.63) is 34.9 Å². The van der Waals surface area contributed by atoms with Crippen LogP contribution in [0, 0.1) is 6.92 Å². The summed E-state index contributed by atoms with van der Waals surface area (Å²) < 4.78 is 6.13. The van der Waals surface area contributed by atoms with E-state index in [1.54, 1.807) is 0 Å². The standard InChI is InChI=1S/C14H19NO/c1-11-4-5-12-3-2-6-14(13(12)9-11)10-15-7-8-16-14/h4-5,9,15H,2-3,6-8,10H2,1H3. The molecular formula is C14H19NO. The SMILES string of the molecule is Cc1ccc2c(c1)C1(CCC2)CNCCO1. The van der Waals surface area contributed by atoms with Crippen molar-refractivity contribution in [3.63, 3.8) is 0 Å². The molecule has 1 heterocycles. The molecule has 1 unspecified atom stereocenters. The maximum Gasteiger partial charge on any atom is 0.106 e. The molecule has 16 heavy (non-hydrogen) atoms. The van der Waals surface area contributed by atoms with Gasteiger partial charge in [-0.05, 0) is 37.3 Å². The zero-order valence-corrected chi connectivity index (χ0v) is 9.88. The Kier molecular flexibility index (Phi) is 2.49. The minimum Gasteiger partial charge on any atom is -0.368 e. The lowest BCUT2D eigenvalue weighted by Gasteiger charge is -2.42. The van der Waals surface area contributed by atoms with Crippen molar-refractivity contribution < 1.29 is 4.74 Å². The molecule has 0 radical (unpaired) electrons. The third-order valence-corrected chi connectivity index (χ3v) is 3.85. The van der Waals surface area contributed by atoms with Crippen LogP contribution < -0.4 is 5.32 Å². The van der Waals surface area contributed by atoms with Crippen molar-refractivity contribution in [3.8, 4) is 0 Å². The van der Waals surface area contributed by atoms with Gasteiger partial charge in [-0.3, -0.25) is 0 Å². The second-order valence-corrected chi connectivity index (χ2v) is 5.03.